The minimum absolute atomic E-state index is 0.0974. The predicted octanol–water partition coefficient (Wildman–Crippen LogP) is 5.08. The molecule has 5 rings (SSSR count). The first kappa shape index (κ1) is 19.8. The third-order valence-electron chi connectivity index (χ3n) is 7.40. The van der Waals surface area contributed by atoms with Gasteiger partial charge >= 0.3 is 0 Å². The molecule has 3 heterocycles. The fourth-order valence-corrected chi connectivity index (χ4v) is 6.03. The fourth-order valence-electron chi connectivity index (χ4n) is 6.03. The van der Waals surface area contributed by atoms with E-state index in [0.717, 1.165) is 36.9 Å². The third kappa shape index (κ3) is 3.91. The van der Waals surface area contributed by atoms with Gasteiger partial charge in [0.15, 0.2) is 0 Å². The molecule has 1 saturated carbocycles. The lowest BCUT2D eigenvalue weighted by Gasteiger charge is -2.49. The van der Waals surface area contributed by atoms with Crippen LogP contribution in [0.5, 0.6) is 0 Å². The van der Waals surface area contributed by atoms with Crippen molar-refractivity contribution in [1.29, 1.82) is 0 Å². The van der Waals surface area contributed by atoms with Gasteiger partial charge in [0.2, 0.25) is 0 Å². The van der Waals surface area contributed by atoms with Crippen molar-refractivity contribution in [3.05, 3.63) is 52.3 Å². The van der Waals surface area contributed by atoms with Crippen LogP contribution in [0, 0.1) is 16.0 Å². The number of hydrogen-bond acceptors (Lipinski definition) is 5. The summed E-state index contributed by atoms with van der Waals surface area (Å²) in [5.41, 5.74) is 0.861. The molecular formula is C24H31N3O3. The van der Waals surface area contributed by atoms with Crippen LogP contribution in [0.15, 0.2) is 40.8 Å². The van der Waals surface area contributed by atoms with Crippen LogP contribution in [0.4, 0.5) is 5.69 Å². The van der Waals surface area contributed by atoms with E-state index in [0.29, 0.717) is 17.8 Å². The molecular weight excluding hydrogens is 378 g/mol. The first-order valence-electron chi connectivity index (χ1n) is 11.5. The van der Waals surface area contributed by atoms with Gasteiger partial charge in [0, 0.05) is 42.9 Å². The Labute approximate surface area is 178 Å². The van der Waals surface area contributed by atoms with Gasteiger partial charge in [-0.1, -0.05) is 31.4 Å². The van der Waals surface area contributed by atoms with Gasteiger partial charge in [-0.25, -0.2) is 0 Å². The van der Waals surface area contributed by atoms with Crippen LogP contribution < -0.4 is 0 Å². The highest BCUT2D eigenvalue weighted by Gasteiger charge is 2.43. The topological polar surface area (TPSA) is 62.8 Å². The van der Waals surface area contributed by atoms with Crippen molar-refractivity contribution < 1.29 is 9.34 Å². The number of fused-ring (bicyclic) bond motifs is 1. The molecule has 0 radical (unpaired) electrons. The first-order chi connectivity index (χ1) is 14.7. The lowest BCUT2D eigenvalue weighted by atomic mass is 9.78. The average molecular weight is 410 g/mol. The SMILES string of the molecule is O=[N+]([O-])c1cccc(-c2ccc(CN3CCN4CCC[C@H]4[C@H]3C3CCCCC3)o2)c1. The Morgan fingerprint density at radius 3 is 2.70 bits per heavy atom. The lowest BCUT2D eigenvalue weighted by molar-refractivity contribution is -0.384. The maximum atomic E-state index is 11.1. The summed E-state index contributed by atoms with van der Waals surface area (Å²) in [7, 11) is 0. The fraction of sp³-hybridized carbons (Fsp3) is 0.583. The van der Waals surface area contributed by atoms with Crippen molar-refractivity contribution in [1.82, 2.24) is 9.80 Å². The molecule has 0 spiro atoms. The van der Waals surface area contributed by atoms with Gasteiger partial charge in [0.25, 0.3) is 5.69 Å². The summed E-state index contributed by atoms with van der Waals surface area (Å²) in [6, 6.07) is 12.0. The van der Waals surface area contributed by atoms with Crippen LogP contribution in [-0.4, -0.2) is 46.4 Å². The first-order valence-corrected chi connectivity index (χ1v) is 11.5. The number of benzene rings is 1. The summed E-state index contributed by atoms with van der Waals surface area (Å²) in [6.07, 6.45) is 9.53. The Bertz CT molecular complexity index is 889. The highest BCUT2D eigenvalue weighted by atomic mass is 16.6. The Balaban J connectivity index is 1.35. The van der Waals surface area contributed by atoms with Crippen molar-refractivity contribution in [2.45, 2.75) is 63.6 Å². The average Bonchev–Trinajstić information content (AvgIpc) is 3.44. The quantitative estimate of drug-likeness (QED) is 0.509. The van der Waals surface area contributed by atoms with Crippen molar-refractivity contribution in [2.75, 3.05) is 19.6 Å². The number of nitro groups is 1. The maximum Gasteiger partial charge on any atom is 0.270 e. The molecule has 0 N–H and O–H groups in total. The third-order valence-corrected chi connectivity index (χ3v) is 7.40. The minimum atomic E-state index is -0.358. The van der Waals surface area contributed by atoms with Gasteiger partial charge in [0.1, 0.15) is 11.5 Å². The summed E-state index contributed by atoms with van der Waals surface area (Å²) < 4.78 is 6.18. The normalized spacial score (nSPS) is 26.0. The van der Waals surface area contributed by atoms with Crippen LogP contribution in [0.1, 0.15) is 50.7 Å². The Hall–Kier alpha value is -2.18. The molecule has 3 fully saturated rings. The van der Waals surface area contributed by atoms with E-state index in [-0.39, 0.29) is 10.6 Å². The number of nitro benzene ring substituents is 1. The van der Waals surface area contributed by atoms with E-state index in [2.05, 4.69) is 9.80 Å². The van der Waals surface area contributed by atoms with Gasteiger partial charge in [-0.15, -0.1) is 0 Å². The zero-order valence-electron chi connectivity index (χ0n) is 17.5. The van der Waals surface area contributed by atoms with Gasteiger partial charge in [-0.2, -0.15) is 0 Å². The van der Waals surface area contributed by atoms with Gasteiger partial charge < -0.3 is 4.42 Å². The molecule has 2 atom stereocenters. The monoisotopic (exact) mass is 409 g/mol. The molecule has 6 heteroatoms. The molecule has 1 aliphatic carbocycles. The van der Waals surface area contributed by atoms with E-state index < -0.39 is 0 Å². The molecule has 0 unspecified atom stereocenters. The Morgan fingerprint density at radius 1 is 1.00 bits per heavy atom. The van der Waals surface area contributed by atoms with Gasteiger partial charge in [0.05, 0.1) is 11.5 Å². The maximum absolute atomic E-state index is 11.1. The number of rotatable bonds is 5. The van der Waals surface area contributed by atoms with E-state index in [1.54, 1.807) is 12.1 Å². The minimum Gasteiger partial charge on any atom is -0.460 e. The molecule has 2 aliphatic heterocycles. The molecule has 0 amide bonds. The summed E-state index contributed by atoms with van der Waals surface area (Å²) in [4.78, 5) is 16.1. The van der Waals surface area contributed by atoms with Crippen LogP contribution in [-0.2, 0) is 6.54 Å². The molecule has 2 aromatic rings. The number of nitrogens with zero attached hydrogens (tertiary/aromatic N) is 3. The van der Waals surface area contributed by atoms with E-state index in [9.17, 15) is 10.1 Å². The number of piperazine rings is 1. The van der Waals surface area contributed by atoms with Gasteiger partial charge in [-0.3, -0.25) is 19.9 Å². The zero-order chi connectivity index (χ0) is 20.5. The van der Waals surface area contributed by atoms with E-state index in [4.69, 9.17) is 4.42 Å². The standard InChI is InChI=1S/C24H31N3O3/c28-27(29)20-9-4-8-19(16-20)23-12-11-21(30-23)17-26-15-14-25-13-5-10-22(25)24(26)18-6-2-1-3-7-18/h4,8-9,11-12,16,18,22,24H,1-3,5-7,10,13-15,17H2/t22-,24+/m0/s1. The number of hydrogen-bond donors (Lipinski definition) is 0. The van der Waals surface area contributed by atoms with Crippen molar-refractivity contribution in [2.24, 2.45) is 5.92 Å². The summed E-state index contributed by atoms with van der Waals surface area (Å²) in [5, 5.41) is 11.1. The van der Waals surface area contributed by atoms with Crippen LogP contribution in [0.3, 0.4) is 0 Å². The van der Waals surface area contributed by atoms with E-state index in [1.807, 2.05) is 18.2 Å². The second kappa shape index (κ2) is 8.52. The second-order valence-electron chi connectivity index (χ2n) is 9.18. The van der Waals surface area contributed by atoms with Crippen molar-refractivity contribution in [3.63, 3.8) is 0 Å². The second-order valence-corrected chi connectivity index (χ2v) is 9.18. The summed E-state index contributed by atoms with van der Waals surface area (Å²) >= 11 is 0. The van der Waals surface area contributed by atoms with E-state index >= 15 is 0 Å². The molecule has 0 bridgehead atoms. The highest BCUT2D eigenvalue weighted by molar-refractivity contribution is 5.61. The van der Waals surface area contributed by atoms with Crippen molar-refractivity contribution in [3.8, 4) is 11.3 Å². The van der Waals surface area contributed by atoms with Crippen LogP contribution >= 0.6 is 0 Å². The molecule has 1 aromatic carbocycles. The molecule has 30 heavy (non-hydrogen) atoms. The molecule has 160 valence electrons. The predicted molar refractivity (Wildman–Crippen MR) is 116 cm³/mol. The van der Waals surface area contributed by atoms with Crippen molar-refractivity contribution >= 4 is 5.69 Å². The number of non-ortho nitro benzene ring substituents is 1. The zero-order valence-corrected chi connectivity index (χ0v) is 17.5. The number of furan rings is 1. The van der Waals surface area contributed by atoms with Crippen LogP contribution in [0.2, 0.25) is 0 Å². The van der Waals surface area contributed by atoms with E-state index in [1.165, 1.54) is 57.6 Å². The summed E-state index contributed by atoms with van der Waals surface area (Å²) in [6.45, 7) is 4.36. The smallest absolute Gasteiger partial charge is 0.270 e. The lowest BCUT2D eigenvalue weighted by Crippen LogP contribution is -2.59. The molecule has 1 aromatic heterocycles. The molecule has 3 aliphatic rings. The highest BCUT2D eigenvalue weighted by Crippen LogP contribution is 2.38. The van der Waals surface area contributed by atoms with Crippen LogP contribution in [0.25, 0.3) is 11.3 Å². The Morgan fingerprint density at radius 2 is 1.87 bits per heavy atom. The molecule has 6 nitrogen and oxygen atoms in total. The summed E-state index contributed by atoms with van der Waals surface area (Å²) in [5.74, 6) is 2.47. The molecule has 2 saturated heterocycles. The Kier molecular flexibility index (Phi) is 5.61. The van der Waals surface area contributed by atoms with Gasteiger partial charge in [-0.05, 0) is 50.3 Å². The largest absolute Gasteiger partial charge is 0.460 e.